The van der Waals surface area contributed by atoms with Gasteiger partial charge in [-0.05, 0) is 24.4 Å². The number of rotatable bonds is 6. The number of carbonyl (C=O) groups excluding carboxylic acids is 2. The standard InChI is InChI=1S/C17H22BN3O7/c1-20-13(22)6-11(19)16(23)21-7-10(8-21)27-12-3-2-9-4-5-18(26)28-15(9)14(12)17(24)25/h2-3,10-11,26H,4-8,19H2,1H3,(H,20,22)(H,24,25)/t11-/m1/s1. The Balaban J connectivity index is 1.65. The molecule has 2 aliphatic rings. The van der Waals surface area contributed by atoms with Crippen LogP contribution >= 0.6 is 0 Å². The van der Waals surface area contributed by atoms with Crippen molar-refractivity contribution in [3.05, 3.63) is 23.3 Å². The number of carbonyl (C=O) groups is 3. The number of nitrogens with one attached hydrogen (secondary N) is 1. The van der Waals surface area contributed by atoms with Crippen molar-refractivity contribution in [2.24, 2.45) is 5.73 Å². The van der Waals surface area contributed by atoms with Gasteiger partial charge in [0.05, 0.1) is 25.6 Å². The average molecular weight is 391 g/mol. The van der Waals surface area contributed by atoms with Crippen molar-refractivity contribution in [1.82, 2.24) is 10.2 Å². The molecule has 0 spiro atoms. The van der Waals surface area contributed by atoms with Gasteiger partial charge in [-0.3, -0.25) is 9.59 Å². The average Bonchev–Trinajstić information content (AvgIpc) is 2.62. The summed E-state index contributed by atoms with van der Waals surface area (Å²) < 4.78 is 11.1. The summed E-state index contributed by atoms with van der Waals surface area (Å²) in [5.41, 5.74) is 6.30. The van der Waals surface area contributed by atoms with E-state index in [0.29, 0.717) is 18.3 Å². The Morgan fingerprint density at radius 1 is 1.43 bits per heavy atom. The summed E-state index contributed by atoms with van der Waals surface area (Å²) in [5.74, 6) is -1.67. The number of aromatic carboxylic acids is 1. The molecular formula is C17H22BN3O7. The molecule has 2 aliphatic heterocycles. The third-order valence-electron chi connectivity index (χ3n) is 4.78. The van der Waals surface area contributed by atoms with E-state index in [2.05, 4.69) is 5.32 Å². The van der Waals surface area contributed by atoms with Crippen molar-refractivity contribution < 1.29 is 33.9 Å². The van der Waals surface area contributed by atoms with Crippen molar-refractivity contribution in [2.75, 3.05) is 20.1 Å². The molecule has 150 valence electrons. The fourth-order valence-corrected chi connectivity index (χ4v) is 3.21. The first-order chi connectivity index (χ1) is 13.3. The van der Waals surface area contributed by atoms with Gasteiger partial charge in [0.25, 0.3) is 0 Å². The minimum absolute atomic E-state index is 0.106. The quantitative estimate of drug-likeness (QED) is 0.444. The van der Waals surface area contributed by atoms with Crippen molar-refractivity contribution in [3.8, 4) is 11.5 Å². The third kappa shape index (κ3) is 4.05. The van der Waals surface area contributed by atoms with Gasteiger partial charge in [-0.1, -0.05) is 6.07 Å². The van der Waals surface area contributed by atoms with Gasteiger partial charge in [0.15, 0.2) is 0 Å². The molecule has 28 heavy (non-hydrogen) atoms. The summed E-state index contributed by atoms with van der Waals surface area (Å²) in [6.45, 7) is 0.472. The highest BCUT2D eigenvalue weighted by Gasteiger charge is 2.37. The number of aryl methyl sites for hydroxylation is 1. The molecule has 0 aliphatic carbocycles. The molecule has 5 N–H and O–H groups in total. The van der Waals surface area contributed by atoms with E-state index >= 15 is 0 Å². The van der Waals surface area contributed by atoms with Crippen LogP contribution in [0.3, 0.4) is 0 Å². The van der Waals surface area contributed by atoms with E-state index in [4.69, 9.17) is 15.1 Å². The van der Waals surface area contributed by atoms with Gasteiger partial charge in [0.1, 0.15) is 23.2 Å². The van der Waals surface area contributed by atoms with Crippen LogP contribution in [0.5, 0.6) is 11.5 Å². The number of carboxylic acid groups (broad SMARTS) is 1. The van der Waals surface area contributed by atoms with Crippen LogP contribution in [0.2, 0.25) is 6.32 Å². The number of carboxylic acids is 1. The Bertz CT molecular complexity index is 797. The Morgan fingerprint density at radius 2 is 2.14 bits per heavy atom. The number of ether oxygens (including phenoxy) is 1. The van der Waals surface area contributed by atoms with E-state index < -0.39 is 25.2 Å². The van der Waals surface area contributed by atoms with E-state index in [1.807, 2.05) is 0 Å². The molecule has 2 amide bonds. The highest BCUT2D eigenvalue weighted by atomic mass is 16.5. The van der Waals surface area contributed by atoms with Gasteiger partial charge in [-0.15, -0.1) is 0 Å². The highest BCUT2D eigenvalue weighted by Crippen LogP contribution is 2.37. The number of hydrogen-bond donors (Lipinski definition) is 4. The van der Waals surface area contributed by atoms with Crippen molar-refractivity contribution in [2.45, 2.75) is 31.3 Å². The molecule has 0 unspecified atom stereocenters. The first-order valence-corrected chi connectivity index (χ1v) is 8.95. The van der Waals surface area contributed by atoms with Gasteiger partial charge in [-0.2, -0.15) is 0 Å². The smallest absolute Gasteiger partial charge is 0.522 e. The Kier molecular flexibility index (Phi) is 5.75. The minimum atomic E-state index is -1.22. The zero-order valence-electron chi connectivity index (χ0n) is 15.4. The van der Waals surface area contributed by atoms with E-state index in [1.165, 1.54) is 11.9 Å². The van der Waals surface area contributed by atoms with Gasteiger partial charge < -0.3 is 35.5 Å². The molecule has 1 saturated heterocycles. The van der Waals surface area contributed by atoms with E-state index in [-0.39, 0.29) is 48.4 Å². The number of hydrogen-bond acceptors (Lipinski definition) is 7. The molecule has 0 aromatic heterocycles. The molecule has 0 bridgehead atoms. The van der Waals surface area contributed by atoms with Gasteiger partial charge in [0, 0.05) is 7.05 Å². The summed E-state index contributed by atoms with van der Waals surface area (Å²) in [6.07, 6.45) is 0.389. The second kappa shape index (κ2) is 8.07. The fraction of sp³-hybridized carbons (Fsp3) is 0.471. The topological polar surface area (TPSA) is 151 Å². The Morgan fingerprint density at radius 3 is 2.79 bits per heavy atom. The number of benzene rings is 1. The lowest BCUT2D eigenvalue weighted by molar-refractivity contribution is -0.143. The van der Waals surface area contributed by atoms with Crippen LogP contribution in [0.4, 0.5) is 0 Å². The minimum Gasteiger partial charge on any atom is -0.535 e. The van der Waals surface area contributed by atoms with E-state index in [0.717, 1.165) is 0 Å². The molecule has 10 nitrogen and oxygen atoms in total. The third-order valence-corrected chi connectivity index (χ3v) is 4.78. The second-order valence-electron chi connectivity index (χ2n) is 6.81. The number of likely N-dealkylation sites (tertiary alicyclic amines) is 1. The maximum absolute atomic E-state index is 12.2. The van der Waals surface area contributed by atoms with Crippen LogP contribution in [0, 0.1) is 0 Å². The lowest BCUT2D eigenvalue weighted by Crippen LogP contribution is -2.60. The second-order valence-corrected chi connectivity index (χ2v) is 6.81. The highest BCUT2D eigenvalue weighted by molar-refractivity contribution is 6.44. The van der Waals surface area contributed by atoms with Gasteiger partial charge >= 0.3 is 13.1 Å². The van der Waals surface area contributed by atoms with Crippen LogP contribution in [-0.2, 0) is 16.0 Å². The summed E-state index contributed by atoms with van der Waals surface area (Å²) in [4.78, 5) is 36.7. The maximum atomic E-state index is 12.2. The molecule has 1 atom stereocenters. The molecule has 3 rings (SSSR count). The Labute approximate surface area is 161 Å². The van der Waals surface area contributed by atoms with Crippen molar-refractivity contribution in [1.29, 1.82) is 0 Å². The summed E-state index contributed by atoms with van der Waals surface area (Å²) in [5, 5.41) is 21.7. The number of nitrogens with zero attached hydrogens (tertiary/aromatic N) is 1. The molecular weight excluding hydrogens is 369 g/mol. The van der Waals surface area contributed by atoms with Crippen molar-refractivity contribution in [3.63, 3.8) is 0 Å². The molecule has 0 radical (unpaired) electrons. The van der Waals surface area contributed by atoms with Gasteiger partial charge in [-0.25, -0.2) is 4.79 Å². The predicted molar refractivity (Wildman–Crippen MR) is 98.2 cm³/mol. The molecule has 11 heteroatoms. The zero-order valence-corrected chi connectivity index (χ0v) is 15.4. The van der Waals surface area contributed by atoms with Crippen molar-refractivity contribution >= 4 is 24.9 Å². The molecule has 1 fully saturated rings. The largest absolute Gasteiger partial charge is 0.535 e. The van der Waals surface area contributed by atoms with E-state index in [9.17, 15) is 24.5 Å². The van der Waals surface area contributed by atoms with Crippen LogP contribution in [0.25, 0.3) is 0 Å². The molecule has 1 aromatic carbocycles. The maximum Gasteiger partial charge on any atom is 0.522 e. The number of nitrogens with two attached hydrogens (primary N) is 1. The predicted octanol–water partition coefficient (Wildman–Crippen LogP) is -1.15. The SMILES string of the molecule is CNC(=O)C[C@@H](N)C(=O)N1CC(Oc2ccc3c(c2C(=O)O)OB(O)CC3)C1. The normalized spacial score (nSPS) is 17.1. The lowest BCUT2D eigenvalue weighted by atomic mass is 9.78. The summed E-state index contributed by atoms with van der Waals surface area (Å²) >= 11 is 0. The van der Waals surface area contributed by atoms with E-state index in [1.54, 1.807) is 12.1 Å². The van der Waals surface area contributed by atoms with Crippen LogP contribution < -0.4 is 20.4 Å². The van der Waals surface area contributed by atoms with Crippen LogP contribution in [0.15, 0.2) is 12.1 Å². The Hall–Kier alpha value is -2.79. The summed E-state index contributed by atoms with van der Waals surface area (Å²) in [6, 6.07) is 2.34. The monoisotopic (exact) mass is 391 g/mol. The molecule has 1 aromatic rings. The number of amides is 2. The first-order valence-electron chi connectivity index (χ1n) is 8.95. The lowest BCUT2D eigenvalue weighted by Gasteiger charge is -2.40. The number of fused-ring (bicyclic) bond motifs is 1. The first kappa shape index (κ1) is 20.0. The summed E-state index contributed by atoms with van der Waals surface area (Å²) in [7, 11) is 0.411. The molecule has 2 heterocycles. The van der Waals surface area contributed by atoms with Gasteiger partial charge in [0.2, 0.25) is 11.8 Å². The van der Waals surface area contributed by atoms with Crippen LogP contribution in [0.1, 0.15) is 22.3 Å². The molecule has 0 saturated carbocycles. The fourth-order valence-electron chi connectivity index (χ4n) is 3.21. The zero-order chi connectivity index (χ0) is 20.4. The van der Waals surface area contributed by atoms with Crippen LogP contribution in [-0.4, -0.2) is 72.2 Å².